The molecule has 1 amide bonds. The first kappa shape index (κ1) is 15.5. The largest absolute Gasteiger partial charge is 0.441 e. The fourth-order valence-electron chi connectivity index (χ4n) is 1.24. The minimum atomic E-state index is -4.33. The third-order valence-electron chi connectivity index (χ3n) is 1.99. The monoisotopic (exact) mass is 297 g/mol. The summed E-state index contributed by atoms with van der Waals surface area (Å²) in [5.74, 6) is -1.54. The van der Waals surface area contributed by atoms with Crippen molar-refractivity contribution in [3.63, 3.8) is 0 Å². The molecule has 19 heavy (non-hydrogen) atoms. The second-order valence-corrected chi connectivity index (χ2v) is 4.51. The Hall–Kier alpha value is -1.51. The van der Waals surface area contributed by atoms with E-state index in [1.165, 1.54) is 7.05 Å². The van der Waals surface area contributed by atoms with Crippen LogP contribution in [0.5, 0.6) is 0 Å². The Labute approximate surface area is 111 Å². The van der Waals surface area contributed by atoms with E-state index in [1.807, 2.05) is 0 Å². The first-order chi connectivity index (χ1) is 8.83. The topological polar surface area (TPSA) is 54.0 Å². The molecule has 0 unspecified atom stereocenters. The molecular weight excluding hydrogens is 286 g/mol. The number of alkyl halides is 3. The summed E-state index contributed by atoms with van der Waals surface area (Å²) in [6.07, 6.45) is 0.933. The van der Waals surface area contributed by atoms with Gasteiger partial charge in [-0.15, -0.1) is 0 Å². The minimum Gasteiger partial charge on any atom is -0.372 e. The molecule has 1 heterocycles. The number of carbonyl (C=O) groups excluding carboxylic acids is 1. The predicted molar refractivity (Wildman–Crippen MR) is 64.6 cm³/mol. The lowest BCUT2D eigenvalue weighted by Crippen LogP contribution is -2.27. The molecule has 0 aromatic carbocycles. The van der Waals surface area contributed by atoms with E-state index in [0.717, 1.165) is 12.3 Å². The molecule has 0 saturated heterocycles. The van der Waals surface area contributed by atoms with Crippen molar-refractivity contribution in [1.82, 2.24) is 10.3 Å². The molecule has 0 spiro atoms. The van der Waals surface area contributed by atoms with E-state index in [0.29, 0.717) is 0 Å². The van der Waals surface area contributed by atoms with Crippen molar-refractivity contribution in [3.05, 3.63) is 23.6 Å². The lowest BCUT2D eigenvalue weighted by molar-refractivity contribution is -0.0327. The number of aromatic nitrogens is 1. The molecule has 0 fully saturated rings. The highest BCUT2D eigenvalue weighted by Crippen LogP contribution is 2.29. The SMILES string of the molecule is CNc1ncc(F)cc1C(=O)NCCSC(F)(F)F. The number of rotatable bonds is 5. The second-order valence-electron chi connectivity index (χ2n) is 3.35. The van der Waals surface area contributed by atoms with E-state index in [9.17, 15) is 22.4 Å². The van der Waals surface area contributed by atoms with E-state index in [2.05, 4.69) is 15.6 Å². The van der Waals surface area contributed by atoms with Gasteiger partial charge >= 0.3 is 5.51 Å². The Bertz CT molecular complexity index is 453. The smallest absolute Gasteiger partial charge is 0.372 e. The normalized spacial score (nSPS) is 11.2. The van der Waals surface area contributed by atoms with Crippen molar-refractivity contribution in [2.45, 2.75) is 5.51 Å². The van der Waals surface area contributed by atoms with Gasteiger partial charge in [-0.3, -0.25) is 4.79 Å². The maximum atomic E-state index is 13.0. The Morgan fingerprint density at radius 3 is 2.74 bits per heavy atom. The van der Waals surface area contributed by atoms with Crippen LogP contribution in [-0.4, -0.2) is 35.7 Å². The average Bonchev–Trinajstić information content (AvgIpc) is 2.33. The highest BCUT2D eigenvalue weighted by atomic mass is 32.2. The van der Waals surface area contributed by atoms with Gasteiger partial charge in [0.25, 0.3) is 5.91 Å². The molecule has 0 aliphatic carbocycles. The van der Waals surface area contributed by atoms with Gasteiger partial charge in [-0.25, -0.2) is 9.37 Å². The molecule has 0 saturated carbocycles. The zero-order valence-corrected chi connectivity index (χ0v) is 10.7. The lowest BCUT2D eigenvalue weighted by atomic mass is 10.2. The summed E-state index contributed by atoms with van der Waals surface area (Å²) in [5, 5.41) is 4.86. The van der Waals surface area contributed by atoms with Crippen LogP contribution in [0.4, 0.5) is 23.4 Å². The fraction of sp³-hybridized carbons (Fsp3) is 0.400. The Balaban J connectivity index is 2.56. The van der Waals surface area contributed by atoms with E-state index in [1.54, 1.807) is 0 Å². The number of carbonyl (C=O) groups is 1. The summed E-state index contributed by atoms with van der Waals surface area (Å²) in [4.78, 5) is 15.3. The molecule has 1 rings (SSSR count). The van der Waals surface area contributed by atoms with Gasteiger partial charge in [-0.2, -0.15) is 13.2 Å². The average molecular weight is 297 g/mol. The van der Waals surface area contributed by atoms with E-state index in [-0.39, 0.29) is 35.4 Å². The van der Waals surface area contributed by atoms with Gasteiger partial charge in [-0.05, 0) is 17.8 Å². The Morgan fingerprint density at radius 1 is 1.47 bits per heavy atom. The van der Waals surface area contributed by atoms with E-state index < -0.39 is 17.2 Å². The van der Waals surface area contributed by atoms with Gasteiger partial charge < -0.3 is 10.6 Å². The Kier molecular flexibility index (Phi) is 5.40. The summed E-state index contributed by atoms with van der Waals surface area (Å²) >= 11 is -0.236. The highest BCUT2D eigenvalue weighted by Gasteiger charge is 2.27. The molecule has 0 radical (unpaired) electrons. The maximum absolute atomic E-state index is 13.0. The van der Waals surface area contributed by atoms with Crippen molar-refractivity contribution in [1.29, 1.82) is 0 Å². The van der Waals surface area contributed by atoms with Crippen molar-refractivity contribution in [2.24, 2.45) is 0 Å². The van der Waals surface area contributed by atoms with Gasteiger partial charge in [0.15, 0.2) is 0 Å². The van der Waals surface area contributed by atoms with Crippen LogP contribution < -0.4 is 10.6 Å². The van der Waals surface area contributed by atoms with Gasteiger partial charge in [0, 0.05) is 19.3 Å². The van der Waals surface area contributed by atoms with Gasteiger partial charge in [0.2, 0.25) is 0 Å². The zero-order chi connectivity index (χ0) is 14.5. The quantitative estimate of drug-likeness (QED) is 0.646. The number of nitrogens with one attached hydrogen (secondary N) is 2. The molecule has 1 aromatic rings. The van der Waals surface area contributed by atoms with Crippen LogP contribution in [0.2, 0.25) is 0 Å². The van der Waals surface area contributed by atoms with Crippen LogP contribution in [0, 0.1) is 5.82 Å². The standard InChI is InChI=1S/C10H11F4N3OS/c1-15-8-7(4-6(11)5-17-8)9(18)16-2-3-19-10(12,13)14/h4-5H,2-3H2,1H3,(H,15,17)(H,16,18). The molecule has 4 nitrogen and oxygen atoms in total. The number of pyridine rings is 1. The molecule has 0 aliphatic rings. The number of nitrogens with zero attached hydrogens (tertiary/aromatic N) is 1. The molecule has 0 aliphatic heterocycles. The van der Waals surface area contributed by atoms with Crippen LogP contribution in [-0.2, 0) is 0 Å². The maximum Gasteiger partial charge on any atom is 0.441 e. The minimum absolute atomic E-state index is 0.0560. The molecule has 2 N–H and O–H groups in total. The molecule has 0 atom stereocenters. The van der Waals surface area contributed by atoms with E-state index in [4.69, 9.17) is 0 Å². The first-order valence-electron chi connectivity index (χ1n) is 5.15. The third-order valence-corrected chi connectivity index (χ3v) is 2.72. The van der Waals surface area contributed by atoms with Gasteiger partial charge in [0.1, 0.15) is 11.6 Å². The number of hydrogen-bond donors (Lipinski definition) is 2. The fourth-order valence-corrected chi connectivity index (χ4v) is 1.67. The molecule has 106 valence electrons. The summed E-state index contributed by atoms with van der Waals surface area (Å²) < 4.78 is 48.5. The van der Waals surface area contributed by atoms with Gasteiger partial charge in [-0.1, -0.05) is 0 Å². The summed E-state index contributed by atoms with van der Waals surface area (Å²) in [7, 11) is 1.50. The van der Waals surface area contributed by atoms with Crippen LogP contribution >= 0.6 is 11.8 Å². The predicted octanol–water partition coefficient (Wildman–Crippen LogP) is 2.25. The van der Waals surface area contributed by atoms with Crippen LogP contribution in [0.1, 0.15) is 10.4 Å². The summed E-state index contributed by atoms with van der Waals surface area (Å²) in [6.45, 7) is -0.178. The second kappa shape index (κ2) is 6.60. The number of hydrogen-bond acceptors (Lipinski definition) is 4. The van der Waals surface area contributed by atoms with E-state index >= 15 is 0 Å². The summed E-state index contributed by atoms with van der Waals surface area (Å²) in [5.41, 5.74) is -4.39. The lowest BCUT2D eigenvalue weighted by Gasteiger charge is -2.09. The highest BCUT2D eigenvalue weighted by molar-refractivity contribution is 8.00. The summed E-state index contributed by atoms with van der Waals surface area (Å²) in [6, 6.07) is 0.963. The number of amides is 1. The van der Waals surface area contributed by atoms with Crippen molar-refractivity contribution in [3.8, 4) is 0 Å². The molecule has 0 bridgehead atoms. The number of anilines is 1. The Morgan fingerprint density at radius 2 is 2.16 bits per heavy atom. The van der Waals surface area contributed by atoms with Gasteiger partial charge in [0.05, 0.1) is 11.8 Å². The molecular formula is C10H11F4N3OS. The number of thioether (sulfide) groups is 1. The molecule has 9 heteroatoms. The van der Waals surface area contributed by atoms with Crippen molar-refractivity contribution < 1.29 is 22.4 Å². The first-order valence-corrected chi connectivity index (χ1v) is 6.14. The van der Waals surface area contributed by atoms with Crippen LogP contribution in [0.15, 0.2) is 12.3 Å². The zero-order valence-electron chi connectivity index (χ0n) is 9.84. The van der Waals surface area contributed by atoms with Crippen molar-refractivity contribution in [2.75, 3.05) is 24.7 Å². The third kappa shape index (κ3) is 5.33. The van der Waals surface area contributed by atoms with Crippen LogP contribution in [0.25, 0.3) is 0 Å². The van der Waals surface area contributed by atoms with Crippen molar-refractivity contribution >= 4 is 23.5 Å². The number of halogens is 4. The molecule has 1 aromatic heterocycles. The van der Waals surface area contributed by atoms with Crippen LogP contribution in [0.3, 0.4) is 0 Å².